The summed E-state index contributed by atoms with van der Waals surface area (Å²) in [7, 11) is 0. The zero-order chi connectivity index (χ0) is 11.1. The quantitative estimate of drug-likeness (QED) is 0.692. The molecule has 0 spiro atoms. The lowest BCUT2D eigenvalue weighted by atomic mass is 10.4. The van der Waals surface area contributed by atoms with Crippen molar-refractivity contribution in [2.45, 2.75) is 6.42 Å². The van der Waals surface area contributed by atoms with Gasteiger partial charge >= 0.3 is 5.97 Å². The van der Waals surface area contributed by atoms with E-state index in [-0.39, 0.29) is 17.4 Å². The van der Waals surface area contributed by atoms with E-state index in [2.05, 4.69) is 5.32 Å². The Morgan fingerprint density at radius 2 is 2.07 bits per heavy atom. The maximum Gasteiger partial charge on any atom is 0.313 e. The zero-order valence-electron chi connectivity index (χ0n) is 8.57. The molecule has 1 rings (SSSR count). The number of thioether (sulfide) groups is 1. The van der Waals surface area contributed by atoms with Crippen LogP contribution in [-0.2, 0) is 9.59 Å². The number of carboxylic acids is 1. The monoisotopic (exact) mass is 232 g/mol. The van der Waals surface area contributed by atoms with Gasteiger partial charge < -0.3 is 15.3 Å². The highest BCUT2D eigenvalue weighted by atomic mass is 32.2. The molecule has 0 unspecified atom stereocenters. The summed E-state index contributed by atoms with van der Waals surface area (Å²) in [6.07, 6.45) is 0.968. The molecule has 0 radical (unpaired) electrons. The van der Waals surface area contributed by atoms with Crippen LogP contribution in [0.1, 0.15) is 6.42 Å². The fourth-order valence-electron chi connectivity index (χ4n) is 1.41. The third-order valence-electron chi connectivity index (χ3n) is 2.14. The van der Waals surface area contributed by atoms with Crippen molar-refractivity contribution >= 4 is 23.6 Å². The molecule has 0 aromatic heterocycles. The van der Waals surface area contributed by atoms with E-state index in [1.165, 1.54) is 0 Å². The number of nitrogens with one attached hydrogen (secondary N) is 1. The van der Waals surface area contributed by atoms with Crippen LogP contribution in [0.5, 0.6) is 0 Å². The van der Waals surface area contributed by atoms with Gasteiger partial charge in [0.05, 0.1) is 11.5 Å². The minimum Gasteiger partial charge on any atom is -0.481 e. The van der Waals surface area contributed by atoms with E-state index < -0.39 is 5.97 Å². The molecule has 86 valence electrons. The summed E-state index contributed by atoms with van der Waals surface area (Å²) in [6, 6.07) is 0. The van der Waals surface area contributed by atoms with Crippen molar-refractivity contribution in [3.63, 3.8) is 0 Å². The van der Waals surface area contributed by atoms with Crippen molar-refractivity contribution in [1.82, 2.24) is 10.2 Å². The number of nitrogens with zero attached hydrogens (tertiary/aromatic N) is 1. The first kappa shape index (κ1) is 12.3. The maximum absolute atomic E-state index is 11.6. The normalized spacial score (nSPS) is 17.2. The van der Waals surface area contributed by atoms with Gasteiger partial charge in [0, 0.05) is 19.6 Å². The number of amides is 1. The van der Waals surface area contributed by atoms with Gasteiger partial charge in [-0.2, -0.15) is 0 Å². The summed E-state index contributed by atoms with van der Waals surface area (Å²) in [5.74, 6) is -0.556. The number of hydrogen-bond acceptors (Lipinski definition) is 4. The molecule has 1 amide bonds. The highest BCUT2D eigenvalue weighted by Gasteiger charge is 2.15. The number of rotatable bonds is 4. The second kappa shape index (κ2) is 6.68. The molecule has 0 aromatic carbocycles. The first-order chi connectivity index (χ1) is 7.20. The standard InChI is InChI=1S/C9H16N2O3S/c12-8(6-15-7-9(13)14)11-4-1-2-10-3-5-11/h10H,1-7H2,(H,13,14). The van der Waals surface area contributed by atoms with Crippen LogP contribution in [0, 0.1) is 0 Å². The zero-order valence-corrected chi connectivity index (χ0v) is 9.39. The van der Waals surface area contributed by atoms with Gasteiger partial charge in [0.25, 0.3) is 0 Å². The Morgan fingerprint density at radius 1 is 1.27 bits per heavy atom. The number of hydrogen-bond donors (Lipinski definition) is 2. The molecule has 1 aliphatic heterocycles. The van der Waals surface area contributed by atoms with Crippen LogP contribution < -0.4 is 5.32 Å². The molecule has 1 aliphatic rings. The predicted molar refractivity (Wildman–Crippen MR) is 59.0 cm³/mol. The fourth-order valence-corrected chi connectivity index (χ4v) is 2.05. The first-order valence-electron chi connectivity index (χ1n) is 4.98. The summed E-state index contributed by atoms with van der Waals surface area (Å²) in [5.41, 5.74) is 0. The van der Waals surface area contributed by atoms with E-state index in [1.807, 2.05) is 0 Å². The number of carbonyl (C=O) groups is 2. The van der Waals surface area contributed by atoms with Gasteiger partial charge in [0.2, 0.25) is 5.91 Å². The Balaban J connectivity index is 2.22. The summed E-state index contributed by atoms with van der Waals surface area (Å²) in [5, 5.41) is 11.6. The summed E-state index contributed by atoms with van der Waals surface area (Å²) in [4.78, 5) is 23.7. The molecule has 0 aliphatic carbocycles. The summed E-state index contributed by atoms with van der Waals surface area (Å²) < 4.78 is 0. The van der Waals surface area contributed by atoms with E-state index >= 15 is 0 Å². The predicted octanol–water partition coefficient (Wildman–Crippen LogP) is -0.374. The van der Waals surface area contributed by atoms with Gasteiger partial charge in [-0.15, -0.1) is 11.8 Å². The van der Waals surface area contributed by atoms with Gasteiger partial charge in [-0.25, -0.2) is 0 Å². The van der Waals surface area contributed by atoms with Crippen LogP contribution in [0.4, 0.5) is 0 Å². The molecule has 2 N–H and O–H groups in total. The topological polar surface area (TPSA) is 69.6 Å². The van der Waals surface area contributed by atoms with Crippen molar-refractivity contribution in [2.24, 2.45) is 0 Å². The van der Waals surface area contributed by atoms with Gasteiger partial charge in [-0.1, -0.05) is 0 Å². The second-order valence-corrected chi connectivity index (χ2v) is 4.36. The van der Waals surface area contributed by atoms with Gasteiger partial charge in [-0.05, 0) is 13.0 Å². The molecule has 0 atom stereocenters. The number of carbonyl (C=O) groups excluding carboxylic acids is 1. The largest absolute Gasteiger partial charge is 0.481 e. The SMILES string of the molecule is O=C(O)CSCC(=O)N1CCCNCC1. The Hall–Kier alpha value is -0.750. The maximum atomic E-state index is 11.6. The Labute approximate surface area is 93.2 Å². The molecule has 6 heteroatoms. The highest BCUT2D eigenvalue weighted by Crippen LogP contribution is 2.04. The molecule has 0 aromatic rings. The molecule has 15 heavy (non-hydrogen) atoms. The summed E-state index contributed by atoms with van der Waals surface area (Å²) in [6.45, 7) is 3.29. The molecular weight excluding hydrogens is 216 g/mol. The summed E-state index contributed by atoms with van der Waals surface area (Å²) >= 11 is 1.16. The second-order valence-electron chi connectivity index (χ2n) is 3.37. The number of carboxylic acid groups (broad SMARTS) is 1. The Morgan fingerprint density at radius 3 is 2.80 bits per heavy atom. The highest BCUT2D eigenvalue weighted by molar-refractivity contribution is 8.00. The smallest absolute Gasteiger partial charge is 0.313 e. The lowest BCUT2D eigenvalue weighted by molar-refractivity contribution is -0.133. The van der Waals surface area contributed by atoms with Gasteiger partial charge in [0.1, 0.15) is 0 Å². The first-order valence-corrected chi connectivity index (χ1v) is 6.13. The van der Waals surface area contributed by atoms with Crippen LogP contribution in [0.25, 0.3) is 0 Å². The van der Waals surface area contributed by atoms with Crippen molar-refractivity contribution in [2.75, 3.05) is 37.7 Å². The van der Waals surface area contributed by atoms with E-state index in [1.54, 1.807) is 4.90 Å². The minimum absolute atomic E-state index is 0.00215. The van der Waals surface area contributed by atoms with Crippen LogP contribution >= 0.6 is 11.8 Å². The third kappa shape index (κ3) is 5.03. The van der Waals surface area contributed by atoms with Crippen molar-refractivity contribution in [3.05, 3.63) is 0 Å². The molecule has 1 fully saturated rings. The van der Waals surface area contributed by atoms with Crippen LogP contribution in [0.3, 0.4) is 0 Å². The van der Waals surface area contributed by atoms with Crippen molar-refractivity contribution in [3.8, 4) is 0 Å². The fraction of sp³-hybridized carbons (Fsp3) is 0.778. The van der Waals surface area contributed by atoms with E-state index in [0.29, 0.717) is 0 Å². The van der Waals surface area contributed by atoms with Crippen molar-refractivity contribution < 1.29 is 14.7 Å². The number of aliphatic carboxylic acids is 1. The molecule has 0 saturated carbocycles. The molecular formula is C9H16N2O3S. The van der Waals surface area contributed by atoms with Gasteiger partial charge in [0.15, 0.2) is 0 Å². The minimum atomic E-state index is -0.870. The van der Waals surface area contributed by atoms with Crippen LogP contribution in [0.15, 0.2) is 0 Å². The van der Waals surface area contributed by atoms with Crippen LogP contribution in [0.2, 0.25) is 0 Å². The molecule has 1 saturated heterocycles. The molecule has 1 heterocycles. The molecule has 5 nitrogen and oxygen atoms in total. The van der Waals surface area contributed by atoms with Crippen molar-refractivity contribution in [1.29, 1.82) is 0 Å². The lowest BCUT2D eigenvalue weighted by Gasteiger charge is -2.19. The lowest BCUT2D eigenvalue weighted by Crippen LogP contribution is -2.35. The average Bonchev–Trinajstić information content (AvgIpc) is 2.44. The molecule has 0 bridgehead atoms. The van der Waals surface area contributed by atoms with Crippen LogP contribution in [-0.4, -0.2) is 59.6 Å². The Bertz CT molecular complexity index is 227. The Kier molecular flexibility index (Phi) is 5.49. The third-order valence-corrected chi connectivity index (χ3v) is 3.05. The van der Waals surface area contributed by atoms with E-state index in [9.17, 15) is 9.59 Å². The van der Waals surface area contributed by atoms with Gasteiger partial charge in [-0.3, -0.25) is 9.59 Å². The van der Waals surface area contributed by atoms with E-state index in [4.69, 9.17) is 5.11 Å². The van der Waals surface area contributed by atoms with E-state index in [0.717, 1.165) is 44.4 Å². The average molecular weight is 232 g/mol.